The third kappa shape index (κ3) is 3.56. The molecule has 5 nitrogen and oxygen atoms in total. The van der Waals surface area contributed by atoms with E-state index < -0.39 is 6.10 Å². The lowest BCUT2D eigenvalue weighted by Gasteiger charge is -2.21. The number of aryl methyl sites for hydroxylation is 1. The minimum Gasteiger partial charge on any atom is -0.508 e. The Bertz CT molecular complexity index is 1090. The lowest BCUT2D eigenvalue weighted by Crippen LogP contribution is -2.24. The Labute approximate surface area is 167 Å². The standard InChI is InChI=1S/C22H21N3O2S/c1-13-3-5-15(6-4-13)18-11-28-22-19(18)21(23-12-24-22)25-14(2)20(27)16-7-9-17(26)10-8-16/h3-12,14,20,26-27H,1-2H3,(H,23,24,25)/t14-,20+/m0/s1. The molecule has 4 rings (SSSR count). The van der Waals surface area contributed by atoms with Gasteiger partial charge in [0, 0.05) is 10.9 Å². The highest BCUT2D eigenvalue weighted by Gasteiger charge is 2.20. The molecule has 4 aromatic rings. The summed E-state index contributed by atoms with van der Waals surface area (Å²) in [5.41, 5.74) is 4.13. The van der Waals surface area contributed by atoms with Crippen molar-refractivity contribution in [2.75, 3.05) is 5.32 Å². The summed E-state index contributed by atoms with van der Waals surface area (Å²) in [6, 6.07) is 14.7. The smallest absolute Gasteiger partial charge is 0.139 e. The Morgan fingerprint density at radius 3 is 2.43 bits per heavy atom. The molecule has 2 aromatic carbocycles. The van der Waals surface area contributed by atoms with Gasteiger partial charge in [-0.05, 0) is 37.1 Å². The summed E-state index contributed by atoms with van der Waals surface area (Å²) in [7, 11) is 0. The zero-order valence-electron chi connectivity index (χ0n) is 15.6. The van der Waals surface area contributed by atoms with E-state index in [1.807, 2.05) is 6.92 Å². The maximum Gasteiger partial charge on any atom is 0.139 e. The van der Waals surface area contributed by atoms with Crippen molar-refractivity contribution in [2.24, 2.45) is 0 Å². The number of fused-ring (bicyclic) bond motifs is 1. The average Bonchev–Trinajstić information content (AvgIpc) is 3.14. The molecule has 0 saturated heterocycles. The van der Waals surface area contributed by atoms with Crippen molar-refractivity contribution in [3.63, 3.8) is 0 Å². The largest absolute Gasteiger partial charge is 0.508 e. The molecule has 0 fully saturated rings. The molecule has 0 radical (unpaired) electrons. The fraction of sp³-hybridized carbons (Fsp3) is 0.182. The fourth-order valence-electron chi connectivity index (χ4n) is 3.18. The van der Waals surface area contributed by atoms with Gasteiger partial charge in [-0.15, -0.1) is 11.3 Å². The quantitative estimate of drug-likeness (QED) is 0.451. The molecular weight excluding hydrogens is 370 g/mol. The molecule has 28 heavy (non-hydrogen) atoms. The van der Waals surface area contributed by atoms with Crippen LogP contribution in [0, 0.1) is 6.92 Å². The van der Waals surface area contributed by atoms with Crippen LogP contribution in [0.4, 0.5) is 5.82 Å². The topological polar surface area (TPSA) is 78.3 Å². The molecule has 2 atom stereocenters. The molecule has 142 valence electrons. The summed E-state index contributed by atoms with van der Waals surface area (Å²) < 4.78 is 0. The minimum absolute atomic E-state index is 0.176. The third-order valence-corrected chi connectivity index (χ3v) is 5.69. The monoisotopic (exact) mass is 391 g/mol. The van der Waals surface area contributed by atoms with E-state index in [0.29, 0.717) is 5.82 Å². The zero-order chi connectivity index (χ0) is 19.7. The van der Waals surface area contributed by atoms with Crippen LogP contribution in [0.2, 0.25) is 0 Å². The van der Waals surface area contributed by atoms with Crippen LogP contribution >= 0.6 is 11.3 Å². The number of hydrogen-bond donors (Lipinski definition) is 3. The molecule has 0 amide bonds. The van der Waals surface area contributed by atoms with E-state index in [0.717, 1.165) is 26.9 Å². The number of rotatable bonds is 5. The molecule has 2 heterocycles. The van der Waals surface area contributed by atoms with Crippen molar-refractivity contribution >= 4 is 27.4 Å². The molecule has 2 aromatic heterocycles. The molecule has 3 N–H and O–H groups in total. The van der Waals surface area contributed by atoms with Gasteiger partial charge in [-0.3, -0.25) is 0 Å². The van der Waals surface area contributed by atoms with Gasteiger partial charge in [-0.1, -0.05) is 42.0 Å². The number of benzene rings is 2. The van der Waals surface area contributed by atoms with Gasteiger partial charge in [-0.2, -0.15) is 0 Å². The zero-order valence-corrected chi connectivity index (χ0v) is 16.4. The molecule has 0 aliphatic carbocycles. The van der Waals surface area contributed by atoms with Crippen LogP contribution in [-0.2, 0) is 0 Å². The second-order valence-electron chi connectivity index (χ2n) is 6.89. The van der Waals surface area contributed by atoms with Crippen LogP contribution in [0.3, 0.4) is 0 Å². The predicted octanol–water partition coefficient (Wildman–Crippen LogP) is 4.91. The summed E-state index contributed by atoms with van der Waals surface area (Å²) in [4.78, 5) is 9.75. The Balaban J connectivity index is 1.67. The molecule has 0 aliphatic heterocycles. The summed E-state index contributed by atoms with van der Waals surface area (Å²) in [5, 5.41) is 26.5. The van der Waals surface area contributed by atoms with Gasteiger partial charge in [0.15, 0.2) is 0 Å². The number of aliphatic hydroxyl groups is 1. The van der Waals surface area contributed by atoms with Crippen molar-refractivity contribution in [1.29, 1.82) is 0 Å². The molecule has 0 saturated carbocycles. The summed E-state index contributed by atoms with van der Waals surface area (Å²) in [5.74, 6) is 0.877. The summed E-state index contributed by atoms with van der Waals surface area (Å²) in [6.45, 7) is 3.97. The number of aromatic nitrogens is 2. The lowest BCUT2D eigenvalue weighted by molar-refractivity contribution is 0.160. The number of aromatic hydroxyl groups is 1. The highest BCUT2D eigenvalue weighted by Crippen LogP contribution is 2.37. The Morgan fingerprint density at radius 1 is 1.00 bits per heavy atom. The molecule has 0 unspecified atom stereocenters. The predicted molar refractivity (Wildman–Crippen MR) is 114 cm³/mol. The first kappa shape index (κ1) is 18.4. The van der Waals surface area contributed by atoms with E-state index in [-0.39, 0.29) is 11.8 Å². The number of nitrogens with one attached hydrogen (secondary N) is 1. The van der Waals surface area contributed by atoms with Gasteiger partial charge in [0.1, 0.15) is 22.7 Å². The molecular formula is C22H21N3O2S. The molecule has 0 spiro atoms. The van der Waals surface area contributed by atoms with Gasteiger partial charge in [0.2, 0.25) is 0 Å². The van der Waals surface area contributed by atoms with Crippen molar-refractivity contribution in [1.82, 2.24) is 9.97 Å². The molecule has 0 aliphatic rings. The number of phenols is 1. The first-order chi connectivity index (χ1) is 13.5. The van der Waals surface area contributed by atoms with Crippen LogP contribution < -0.4 is 5.32 Å². The van der Waals surface area contributed by atoms with Crippen LogP contribution in [0.25, 0.3) is 21.3 Å². The van der Waals surface area contributed by atoms with Gasteiger partial charge in [0.05, 0.1) is 17.5 Å². The van der Waals surface area contributed by atoms with E-state index in [4.69, 9.17) is 0 Å². The van der Waals surface area contributed by atoms with Gasteiger partial charge >= 0.3 is 0 Å². The van der Waals surface area contributed by atoms with E-state index >= 15 is 0 Å². The van der Waals surface area contributed by atoms with Crippen LogP contribution in [-0.4, -0.2) is 26.2 Å². The SMILES string of the molecule is Cc1ccc(-c2csc3ncnc(N[C@@H](C)[C@@H](O)c4ccc(O)cc4)c23)cc1. The number of nitrogens with zero attached hydrogens (tertiary/aromatic N) is 2. The highest BCUT2D eigenvalue weighted by molar-refractivity contribution is 7.17. The van der Waals surface area contributed by atoms with E-state index in [9.17, 15) is 10.2 Å². The average molecular weight is 391 g/mol. The lowest BCUT2D eigenvalue weighted by atomic mass is 10.0. The van der Waals surface area contributed by atoms with E-state index in [1.165, 1.54) is 5.56 Å². The number of thiophene rings is 1. The summed E-state index contributed by atoms with van der Waals surface area (Å²) in [6.07, 6.45) is 0.798. The number of hydrogen-bond acceptors (Lipinski definition) is 6. The summed E-state index contributed by atoms with van der Waals surface area (Å²) >= 11 is 1.58. The minimum atomic E-state index is -0.743. The van der Waals surface area contributed by atoms with Crippen LogP contribution in [0.1, 0.15) is 24.2 Å². The fourth-order valence-corrected chi connectivity index (χ4v) is 4.10. The normalized spacial score (nSPS) is 13.4. The highest BCUT2D eigenvalue weighted by atomic mass is 32.1. The first-order valence-corrected chi connectivity index (χ1v) is 9.93. The van der Waals surface area contributed by atoms with Crippen molar-refractivity contribution in [3.8, 4) is 16.9 Å². The van der Waals surface area contributed by atoms with Gasteiger partial charge in [-0.25, -0.2) is 9.97 Å². The molecule has 6 heteroatoms. The Kier molecular flexibility index (Phi) is 4.98. The first-order valence-electron chi connectivity index (χ1n) is 9.05. The number of phenolic OH excluding ortho intramolecular Hbond substituents is 1. The van der Waals surface area contributed by atoms with E-state index in [2.05, 4.69) is 51.9 Å². The maximum absolute atomic E-state index is 10.7. The Hall–Kier alpha value is -2.96. The van der Waals surface area contributed by atoms with Gasteiger partial charge < -0.3 is 15.5 Å². The Morgan fingerprint density at radius 2 is 1.71 bits per heavy atom. The van der Waals surface area contributed by atoms with Crippen molar-refractivity contribution in [2.45, 2.75) is 26.0 Å². The van der Waals surface area contributed by atoms with Gasteiger partial charge in [0.25, 0.3) is 0 Å². The van der Waals surface area contributed by atoms with Crippen molar-refractivity contribution < 1.29 is 10.2 Å². The second-order valence-corrected chi connectivity index (χ2v) is 7.75. The number of anilines is 1. The maximum atomic E-state index is 10.7. The van der Waals surface area contributed by atoms with Crippen LogP contribution in [0.5, 0.6) is 5.75 Å². The van der Waals surface area contributed by atoms with Crippen LogP contribution in [0.15, 0.2) is 60.2 Å². The molecule has 0 bridgehead atoms. The number of aliphatic hydroxyl groups excluding tert-OH is 1. The van der Waals surface area contributed by atoms with Crippen molar-refractivity contribution in [3.05, 3.63) is 71.4 Å². The second kappa shape index (κ2) is 7.58. The van der Waals surface area contributed by atoms with E-state index in [1.54, 1.807) is 41.9 Å². The third-order valence-electron chi connectivity index (χ3n) is 4.81.